The lowest BCUT2D eigenvalue weighted by atomic mass is 9.73. The standard InChI is InChI=1S/C28H43O8P/c1-7-8-9-11-22-17-25(29)27(24-16-21(6)12-13-23(24)19(2)3)26(18-22)35-28(30)33-14-10-15-34-37(31,32)36-20(4)5/h16-18,20,23-24,29H,2,7-15H2,1,3-6H3,(H,31,32)/t23-,24+/m0/s1. The number of hydrogen-bond donors (Lipinski definition) is 2. The first-order valence-electron chi connectivity index (χ1n) is 13.1. The number of unbranched alkanes of at least 4 members (excludes halogenated alkanes) is 2. The Morgan fingerprint density at radius 3 is 2.59 bits per heavy atom. The van der Waals surface area contributed by atoms with Gasteiger partial charge < -0.3 is 19.5 Å². The fourth-order valence-electron chi connectivity index (χ4n) is 4.53. The smallest absolute Gasteiger partial charge is 0.507 e. The highest BCUT2D eigenvalue weighted by atomic mass is 31.2. The molecule has 0 radical (unpaired) electrons. The number of aryl methyl sites for hydroxylation is 1. The minimum absolute atomic E-state index is 0.0746. The van der Waals surface area contributed by atoms with Crippen LogP contribution in [0.3, 0.4) is 0 Å². The monoisotopic (exact) mass is 538 g/mol. The molecule has 2 rings (SSSR count). The normalized spacial score (nSPS) is 19.3. The zero-order valence-corrected chi connectivity index (χ0v) is 23.7. The first-order chi connectivity index (χ1) is 17.4. The molecule has 1 aliphatic rings. The highest BCUT2D eigenvalue weighted by Gasteiger charge is 2.31. The molecule has 1 aromatic carbocycles. The van der Waals surface area contributed by atoms with Crippen molar-refractivity contribution >= 4 is 14.0 Å². The highest BCUT2D eigenvalue weighted by molar-refractivity contribution is 7.47. The van der Waals surface area contributed by atoms with Crippen LogP contribution in [0.25, 0.3) is 0 Å². The summed E-state index contributed by atoms with van der Waals surface area (Å²) in [4.78, 5) is 22.2. The summed E-state index contributed by atoms with van der Waals surface area (Å²) >= 11 is 0. The van der Waals surface area contributed by atoms with Crippen molar-refractivity contribution in [3.63, 3.8) is 0 Å². The third-order valence-electron chi connectivity index (χ3n) is 6.26. The number of aromatic hydroxyl groups is 1. The molecule has 1 aromatic rings. The van der Waals surface area contributed by atoms with Gasteiger partial charge in [-0.3, -0.25) is 9.05 Å². The van der Waals surface area contributed by atoms with Gasteiger partial charge in [0.05, 0.1) is 19.3 Å². The molecule has 0 spiro atoms. The van der Waals surface area contributed by atoms with Crippen LogP contribution in [0.1, 0.15) is 90.2 Å². The number of allylic oxidation sites excluding steroid dienone is 3. The Labute approximate surface area is 221 Å². The van der Waals surface area contributed by atoms with E-state index in [9.17, 15) is 19.4 Å². The molecular formula is C28H43O8P. The number of carbonyl (C=O) groups is 1. The fraction of sp³-hybridized carbons (Fsp3) is 0.607. The Balaban J connectivity index is 2.16. The van der Waals surface area contributed by atoms with Crippen molar-refractivity contribution < 1.29 is 37.9 Å². The molecule has 0 bridgehead atoms. The average molecular weight is 539 g/mol. The van der Waals surface area contributed by atoms with E-state index in [2.05, 4.69) is 26.5 Å². The molecule has 1 aliphatic carbocycles. The molecule has 1 unspecified atom stereocenters. The van der Waals surface area contributed by atoms with Crippen molar-refractivity contribution in [2.24, 2.45) is 5.92 Å². The fourth-order valence-corrected chi connectivity index (χ4v) is 5.48. The molecule has 0 amide bonds. The van der Waals surface area contributed by atoms with E-state index in [4.69, 9.17) is 18.5 Å². The lowest BCUT2D eigenvalue weighted by molar-refractivity contribution is 0.0853. The maximum atomic E-state index is 12.6. The van der Waals surface area contributed by atoms with E-state index in [0.717, 1.165) is 49.7 Å². The van der Waals surface area contributed by atoms with E-state index in [1.807, 2.05) is 13.0 Å². The van der Waals surface area contributed by atoms with Crippen LogP contribution in [0, 0.1) is 5.92 Å². The number of rotatable bonds is 14. The zero-order chi connectivity index (χ0) is 27.6. The van der Waals surface area contributed by atoms with Crippen LogP contribution >= 0.6 is 7.82 Å². The molecule has 0 fully saturated rings. The van der Waals surface area contributed by atoms with E-state index in [0.29, 0.717) is 5.56 Å². The molecule has 2 N–H and O–H groups in total. The molecule has 0 heterocycles. The van der Waals surface area contributed by atoms with E-state index >= 15 is 0 Å². The highest BCUT2D eigenvalue weighted by Crippen LogP contribution is 2.47. The van der Waals surface area contributed by atoms with Crippen LogP contribution in [0.2, 0.25) is 0 Å². The minimum atomic E-state index is -4.14. The predicted molar refractivity (Wildman–Crippen MR) is 144 cm³/mol. The number of phenolic OH excluding ortho intramolecular Hbond substituents is 1. The summed E-state index contributed by atoms with van der Waals surface area (Å²) in [6.45, 7) is 13.4. The number of ether oxygens (including phenoxy) is 2. The number of benzene rings is 1. The summed E-state index contributed by atoms with van der Waals surface area (Å²) in [5.41, 5.74) is 3.66. The molecule has 0 aromatic heterocycles. The second-order valence-electron chi connectivity index (χ2n) is 10.0. The van der Waals surface area contributed by atoms with Gasteiger partial charge in [-0.1, -0.05) is 43.6 Å². The van der Waals surface area contributed by atoms with Crippen LogP contribution < -0.4 is 4.74 Å². The Kier molecular flexibility index (Phi) is 12.4. The lowest BCUT2D eigenvalue weighted by Gasteiger charge is -2.32. The summed E-state index contributed by atoms with van der Waals surface area (Å²) < 4.78 is 32.3. The minimum Gasteiger partial charge on any atom is -0.507 e. The molecule has 0 saturated heterocycles. The Morgan fingerprint density at radius 1 is 1.22 bits per heavy atom. The van der Waals surface area contributed by atoms with Crippen molar-refractivity contribution in [1.29, 1.82) is 0 Å². The predicted octanol–water partition coefficient (Wildman–Crippen LogP) is 7.59. The van der Waals surface area contributed by atoms with Gasteiger partial charge >= 0.3 is 14.0 Å². The molecule has 8 nitrogen and oxygen atoms in total. The summed E-state index contributed by atoms with van der Waals surface area (Å²) in [5, 5.41) is 11.1. The van der Waals surface area contributed by atoms with E-state index in [1.165, 1.54) is 5.57 Å². The molecule has 208 valence electrons. The van der Waals surface area contributed by atoms with Gasteiger partial charge in [0.25, 0.3) is 0 Å². The van der Waals surface area contributed by atoms with Crippen LogP contribution in [-0.4, -0.2) is 35.5 Å². The van der Waals surface area contributed by atoms with Crippen molar-refractivity contribution in [1.82, 2.24) is 0 Å². The van der Waals surface area contributed by atoms with Crippen LogP contribution in [-0.2, 0) is 24.8 Å². The third kappa shape index (κ3) is 10.3. The maximum Gasteiger partial charge on any atom is 0.513 e. The summed E-state index contributed by atoms with van der Waals surface area (Å²) in [6.07, 6.45) is 6.64. The summed E-state index contributed by atoms with van der Waals surface area (Å²) in [5.74, 6) is 0.307. The molecule has 0 saturated carbocycles. The van der Waals surface area contributed by atoms with Crippen molar-refractivity contribution in [3.8, 4) is 11.5 Å². The molecule has 9 heteroatoms. The molecule has 37 heavy (non-hydrogen) atoms. The first-order valence-corrected chi connectivity index (χ1v) is 14.6. The van der Waals surface area contributed by atoms with Gasteiger partial charge in [0.2, 0.25) is 0 Å². The van der Waals surface area contributed by atoms with Crippen LogP contribution in [0.4, 0.5) is 4.79 Å². The van der Waals surface area contributed by atoms with Crippen molar-refractivity contribution in [3.05, 3.63) is 47.1 Å². The van der Waals surface area contributed by atoms with Gasteiger partial charge in [-0.2, -0.15) is 0 Å². The second kappa shape index (κ2) is 14.7. The van der Waals surface area contributed by atoms with Crippen molar-refractivity contribution in [2.75, 3.05) is 13.2 Å². The van der Waals surface area contributed by atoms with E-state index in [1.54, 1.807) is 19.9 Å². The number of phenols is 1. The van der Waals surface area contributed by atoms with Gasteiger partial charge in [0.15, 0.2) is 0 Å². The summed E-state index contributed by atoms with van der Waals surface area (Å²) in [7, 11) is -4.14. The Bertz CT molecular complexity index is 1000. The number of phosphoric ester groups is 1. The van der Waals surface area contributed by atoms with Gasteiger partial charge in [-0.05, 0) is 77.0 Å². The second-order valence-corrected chi connectivity index (χ2v) is 11.4. The molecule has 0 aliphatic heterocycles. The number of phosphoric acid groups is 1. The number of hydrogen-bond acceptors (Lipinski definition) is 7. The SMILES string of the molecule is C=C(C)[C@@H]1CCC(C)=C[C@H]1c1c(O)cc(CCCCC)cc1OC(=O)OCCCOP(=O)(O)OC(C)C. The molecule has 3 atom stereocenters. The van der Waals surface area contributed by atoms with E-state index < -0.39 is 20.1 Å². The summed E-state index contributed by atoms with van der Waals surface area (Å²) in [6, 6.07) is 3.58. The van der Waals surface area contributed by atoms with Crippen LogP contribution in [0.5, 0.6) is 11.5 Å². The molecular weight excluding hydrogens is 495 g/mol. The van der Waals surface area contributed by atoms with Gasteiger partial charge in [0, 0.05) is 17.9 Å². The van der Waals surface area contributed by atoms with Crippen LogP contribution in [0.15, 0.2) is 35.9 Å². The Morgan fingerprint density at radius 2 is 1.95 bits per heavy atom. The topological polar surface area (TPSA) is 112 Å². The Hall–Kier alpha value is -2.12. The lowest BCUT2D eigenvalue weighted by Crippen LogP contribution is -2.20. The average Bonchev–Trinajstić information content (AvgIpc) is 2.77. The van der Waals surface area contributed by atoms with Gasteiger partial charge in [0.1, 0.15) is 11.5 Å². The quantitative estimate of drug-likeness (QED) is 0.0819. The largest absolute Gasteiger partial charge is 0.513 e. The third-order valence-corrected chi connectivity index (χ3v) is 7.46. The maximum absolute atomic E-state index is 12.6. The van der Waals surface area contributed by atoms with E-state index in [-0.39, 0.29) is 43.0 Å². The van der Waals surface area contributed by atoms with Crippen molar-refractivity contribution in [2.45, 2.75) is 91.6 Å². The zero-order valence-electron chi connectivity index (χ0n) is 22.8. The number of carbonyl (C=O) groups excluding carboxylic acids is 1. The first kappa shape index (κ1) is 31.1. The van der Waals surface area contributed by atoms with Gasteiger partial charge in [-0.25, -0.2) is 9.36 Å². The van der Waals surface area contributed by atoms with Gasteiger partial charge in [-0.15, -0.1) is 0 Å².